The van der Waals surface area contributed by atoms with Gasteiger partial charge in [0.15, 0.2) is 0 Å². The lowest BCUT2D eigenvalue weighted by Crippen LogP contribution is -2.25. The average Bonchev–Trinajstić information content (AvgIpc) is 3.13. The monoisotopic (exact) mass is 360 g/mol. The minimum absolute atomic E-state index is 0.153. The van der Waals surface area contributed by atoms with Crippen molar-refractivity contribution in [1.29, 1.82) is 0 Å². The van der Waals surface area contributed by atoms with Crippen LogP contribution in [0.4, 0.5) is 0 Å². The molecule has 0 fully saturated rings. The Morgan fingerprint density at radius 3 is 2.80 bits per heavy atom. The SMILES string of the molecule is CCCCN(CC)Cc1cccc(CNC(=O)c2csc(CN)n2)c1. The molecule has 0 saturated carbocycles. The summed E-state index contributed by atoms with van der Waals surface area (Å²) in [5, 5.41) is 5.46. The third kappa shape index (κ3) is 6.23. The second-order valence-corrected chi connectivity index (χ2v) is 7.00. The van der Waals surface area contributed by atoms with E-state index >= 15 is 0 Å². The summed E-state index contributed by atoms with van der Waals surface area (Å²) >= 11 is 1.42. The number of carbonyl (C=O) groups excluding carboxylic acids is 1. The first-order valence-electron chi connectivity index (χ1n) is 8.89. The number of hydrogen-bond donors (Lipinski definition) is 2. The summed E-state index contributed by atoms with van der Waals surface area (Å²) < 4.78 is 0. The van der Waals surface area contributed by atoms with Crippen molar-refractivity contribution in [3.63, 3.8) is 0 Å². The van der Waals surface area contributed by atoms with E-state index in [1.54, 1.807) is 5.38 Å². The second-order valence-electron chi connectivity index (χ2n) is 6.06. The number of nitrogens with zero attached hydrogens (tertiary/aromatic N) is 2. The van der Waals surface area contributed by atoms with Crippen molar-refractivity contribution in [1.82, 2.24) is 15.2 Å². The predicted molar refractivity (Wildman–Crippen MR) is 103 cm³/mol. The molecule has 0 radical (unpaired) electrons. The highest BCUT2D eigenvalue weighted by atomic mass is 32.1. The average molecular weight is 361 g/mol. The van der Waals surface area contributed by atoms with Crippen molar-refractivity contribution < 1.29 is 4.79 Å². The zero-order valence-corrected chi connectivity index (χ0v) is 15.9. The number of hydrogen-bond acceptors (Lipinski definition) is 5. The van der Waals surface area contributed by atoms with Crippen LogP contribution in [0.25, 0.3) is 0 Å². The summed E-state index contributed by atoms with van der Waals surface area (Å²) in [4.78, 5) is 18.8. The molecule has 5 nitrogen and oxygen atoms in total. The molecule has 25 heavy (non-hydrogen) atoms. The van der Waals surface area contributed by atoms with Crippen LogP contribution in [0.15, 0.2) is 29.6 Å². The topological polar surface area (TPSA) is 71.2 Å². The van der Waals surface area contributed by atoms with E-state index in [4.69, 9.17) is 5.73 Å². The van der Waals surface area contributed by atoms with Crippen LogP contribution in [-0.2, 0) is 19.6 Å². The maximum Gasteiger partial charge on any atom is 0.271 e. The minimum Gasteiger partial charge on any atom is -0.347 e. The lowest BCUT2D eigenvalue weighted by molar-refractivity contribution is 0.0946. The summed E-state index contributed by atoms with van der Waals surface area (Å²) in [6.45, 7) is 8.41. The second kappa shape index (κ2) is 10.3. The summed E-state index contributed by atoms with van der Waals surface area (Å²) in [6, 6.07) is 8.41. The predicted octanol–water partition coefficient (Wildman–Crippen LogP) is 3.15. The Morgan fingerprint density at radius 1 is 1.32 bits per heavy atom. The summed E-state index contributed by atoms with van der Waals surface area (Å²) in [7, 11) is 0. The highest BCUT2D eigenvalue weighted by molar-refractivity contribution is 7.09. The Bertz CT molecular complexity index is 671. The smallest absolute Gasteiger partial charge is 0.271 e. The third-order valence-electron chi connectivity index (χ3n) is 4.08. The van der Waals surface area contributed by atoms with E-state index < -0.39 is 0 Å². The molecule has 0 bridgehead atoms. The van der Waals surface area contributed by atoms with Crippen LogP contribution in [0.1, 0.15) is 53.3 Å². The van der Waals surface area contributed by atoms with E-state index in [2.05, 4.69) is 47.2 Å². The van der Waals surface area contributed by atoms with Gasteiger partial charge in [0.2, 0.25) is 0 Å². The number of unbranched alkanes of at least 4 members (excludes halogenated alkanes) is 1. The molecular weight excluding hydrogens is 332 g/mol. The van der Waals surface area contributed by atoms with Gasteiger partial charge >= 0.3 is 0 Å². The van der Waals surface area contributed by atoms with Gasteiger partial charge in [0.05, 0.1) is 0 Å². The highest BCUT2D eigenvalue weighted by Crippen LogP contribution is 2.11. The van der Waals surface area contributed by atoms with Crippen molar-refractivity contribution >= 4 is 17.2 Å². The number of carbonyl (C=O) groups is 1. The van der Waals surface area contributed by atoms with E-state index in [1.165, 1.54) is 29.7 Å². The third-order valence-corrected chi connectivity index (χ3v) is 4.96. The molecule has 1 amide bonds. The Kier molecular flexibility index (Phi) is 8.04. The number of benzene rings is 1. The van der Waals surface area contributed by atoms with Crippen molar-refractivity contribution in [3.8, 4) is 0 Å². The summed E-state index contributed by atoms with van der Waals surface area (Å²) in [5.74, 6) is -0.153. The van der Waals surface area contributed by atoms with Gasteiger partial charge in [-0.25, -0.2) is 4.98 Å². The Balaban J connectivity index is 1.91. The number of nitrogens with two attached hydrogens (primary N) is 1. The van der Waals surface area contributed by atoms with E-state index in [9.17, 15) is 4.79 Å². The van der Waals surface area contributed by atoms with Gasteiger partial charge in [0.25, 0.3) is 5.91 Å². The number of rotatable bonds is 10. The summed E-state index contributed by atoms with van der Waals surface area (Å²) in [6.07, 6.45) is 2.44. The molecule has 0 atom stereocenters. The van der Waals surface area contributed by atoms with E-state index in [-0.39, 0.29) is 5.91 Å². The molecule has 0 aliphatic carbocycles. The number of thiazole rings is 1. The lowest BCUT2D eigenvalue weighted by Gasteiger charge is -2.20. The van der Waals surface area contributed by atoms with E-state index in [1.807, 2.05) is 6.07 Å². The van der Waals surface area contributed by atoms with Crippen molar-refractivity contribution in [2.75, 3.05) is 13.1 Å². The molecule has 6 heteroatoms. The molecule has 0 spiro atoms. The molecule has 1 aromatic heterocycles. The first kappa shape index (κ1) is 19.6. The number of amides is 1. The maximum absolute atomic E-state index is 12.2. The van der Waals surface area contributed by atoms with Crippen LogP contribution >= 0.6 is 11.3 Å². The molecule has 0 aliphatic heterocycles. The fraction of sp³-hybridized carbons (Fsp3) is 0.474. The quantitative estimate of drug-likeness (QED) is 0.683. The van der Waals surface area contributed by atoms with Crippen LogP contribution in [0.5, 0.6) is 0 Å². The van der Waals surface area contributed by atoms with E-state index in [0.29, 0.717) is 18.8 Å². The number of nitrogens with one attached hydrogen (secondary N) is 1. The van der Waals surface area contributed by atoms with Crippen LogP contribution in [0, 0.1) is 0 Å². The fourth-order valence-electron chi connectivity index (χ4n) is 2.61. The zero-order chi connectivity index (χ0) is 18.1. The maximum atomic E-state index is 12.2. The zero-order valence-electron chi connectivity index (χ0n) is 15.1. The Morgan fingerprint density at radius 2 is 2.12 bits per heavy atom. The van der Waals surface area contributed by atoms with Gasteiger partial charge in [-0.05, 0) is 30.6 Å². The molecule has 2 aromatic rings. The molecule has 0 unspecified atom stereocenters. The minimum atomic E-state index is -0.153. The number of aromatic nitrogens is 1. The summed E-state index contributed by atoms with van der Waals surface area (Å²) in [5.41, 5.74) is 8.37. The van der Waals surface area contributed by atoms with Crippen LogP contribution in [0.3, 0.4) is 0 Å². The van der Waals surface area contributed by atoms with Gasteiger partial charge in [0.1, 0.15) is 10.7 Å². The molecular formula is C19H28N4OS. The van der Waals surface area contributed by atoms with Crippen LogP contribution in [0.2, 0.25) is 0 Å². The van der Waals surface area contributed by atoms with Crippen molar-refractivity contribution in [2.45, 2.75) is 46.3 Å². The largest absolute Gasteiger partial charge is 0.347 e. The Hall–Kier alpha value is -1.76. The first-order chi connectivity index (χ1) is 12.2. The van der Waals surface area contributed by atoms with Gasteiger partial charge in [-0.3, -0.25) is 9.69 Å². The van der Waals surface area contributed by atoms with Crippen LogP contribution < -0.4 is 11.1 Å². The van der Waals surface area contributed by atoms with Gasteiger partial charge < -0.3 is 11.1 Å². The van der Waals surface area contributed by atoms with Gasteiger partial charge in [0, 0.05) is 25.0 Å². The normalized spacial score (nSPS) is 11.0. The molecule has 2 rings (SSSR count). The molecule has 1 aromatic carbocycles. The van der Waals surface area contributed by atoms with Crippen molar-refractivity contribution in [3.05, 3.63) is 51.5 Å². The molecule has 1 heterocycles. The molecule has 136 valence electrons. The molecule has 0 saturated heterocycles. The van der Waals surface area contributed by atoms with Crippen molar-refractivity contribution in [2.24, 2.45) is 5.73 Å². The molecule has 3 N–H and O–H groups in total. The molecule has 0 aliphatic rings. The van der Waals surface area contributed by atoms with Gasteiger partial charge in [-0.15, -0.1) is 11.3 Å². The Labute approximate surface area is 154 Å². The van der Waals surface area contributed by atoms with E-state index in [0.717, 1.165) is 30.2 Å². The highest BCUT2D eigenvalue weighted by Gasteiger charge is 2.10. The lowest BCUT2D eigenvalue weighted by atomic mass is 10.1. The standard InChI is InChI=1S/C19H28N4OS/c1-3-5-9-23(4-2)13-16-8-6-7-15(10-16)12-21-19(24)17-14-25-18(11-20)22-17/h6-8,10,14H,3-5,9,11-13,20H2,1-2H3,(H,21,24). The first-order valence-corrected chi connectivity index (χ1v) is 9.77. The van der Waals surface area contributed by atoms with Crippen LogP contribution in [-0.4, -0.2) is 28.9 Å². The van der Waals surface area contributed by atoms with Gasteiger partial charge in [-0.2, -0.15) is 0 Å². The van der Waals surface area contributed by atoms with Gasteiger partial charge in [-0.1, -0.05) is 44.5 Å². The fourth-order valence-corrected chi connectivity index (χ4v) is 3.26.